The molecule has 1 aliphatic rings. The van der Waals surface area contributed by atoms with E-state index in [1.165, 1.54) is 24.3 Å². The van der Waals surface area contributed by atoms with E-state index in [-0.39, 0.29) is 51.1 Å². The van der Waals surface area contributed by atoms with Gasteiger partial charge in [-0.15, -0.1) is 0 Å². The summed E-state index contributed by atoms with van der Waals surface area (Å²) in [7, 11) is 0. The summed E-state index contributed by atoms with van der Waals surface area (Å²) in [6.45, 7) is 11.5. The van der Waals surface area contributed by atoms with Crippen LogP contribution in [0.5, 0.6) is 0 Å². The molecule has 9 amide bonds. The number of carbonyl (C=O) groups is 11. The average molecular weight is 1060 g/mol. The quantitative estimate of drug-likeness (QED) is 0.0190. The first-order valence-corrected chi connectivity index (χ1v) is 25.6. The number of nitrogens with zero attached hydrogens (tertiary/aromatic N) is 2. The van der Waals surface area contributed by atoms with Crippen LogP contribution in [-0.4, -0.2) is 165 Å². The Morgan fingerprint density at radius 2 is 1.29 bits per heavy atom. The lowest BCUT2D eigenvalue weighted by Gasteiger charge is -2.31. The van der Waals surface area contributed by atoms with Crippen molar-refractivity contribution in [3.8, 4) is 0 Å². The molecule has 1 fully saturated rings. The van der Waals surface area contributed by atoms with Crippen molar-refractivity contribution in [2.24, 2.45) is 29.3 Å². The number of aliphatic carboxylic acids is 2. The monoisotopic (exact) mass is 1060 g/mol. The van der Waals surface area contributed by atoms with Crippen LogP contribution in [0.25, 0.3) is 0 Å². The summed E-state index contributed by atoms with van der Waals surface area (Å²) in [5, 5.41) is 39.9. The van der Waals surface area contributed by atoms with Crippen LogP contribution in [-0.2, 0) is 59.2 Å². The first-order valence-electron chi connectivity index (χ1n) is 25.6. The van der Waals surface area contributed by atoms with E-state index in [9.17, 15) is 63.0 Å². The molecule has 0 aliphatic carbocycles. The van der Waals surface area contributed by atoms with E-state index in [0.717, 1.165) is 0 Å². The maximum absolute atomic E-state index is 14.4. The number of aromatic nitrogens is 2. The van der Waals surface area contributed by atoms with Gasteiger partial charge in [-0.2, -0.15) is 0 Å². The minimum Gasteiger partial charge on any atom is -0.481 e. The Morgan fingerprint density at radius 3 is 1.84 bits per heavy atom. The summed E-state index contributed by atoms with van der Waals surface area (Å²) in [5.74, 6) is -4.91. The second-order valence-electron chi connectivity index (χ2n) is 19.8. The fourth-order valence-corrected chi connectivity index (χ4v) is 8.30. The number of imidazole rings is 1. The lowest BCUT2D eigenvalue weighted by molar-refractivity contribution is -0.144. The topological polar surface area (TPSA) is 420 Å². The maximum atomic E-state index is 14.4. The van der Waals surface area contributed by atoms with Gasteiger partial charge in [0, 0.05) is 44.7 Å². The van der Waals surface area contributed by atoms with Gasteiger partial charge in [-0.1, -0.05) is 41.5 Å². The Balaban J connectivity index is 2.35. The molecule has 8 atom stereocenters. The van der Waals surface area contributed by atoms with Gasteiger partial charge in [-0.05, 0) is 88.5 Å². The second kappa shape index (κ2) is 33.2. The Labute approximate surface area is 437 Å². The maximum Gasteiger partial charge on any atom is 0.326 e. The Bertz CT molecular complexity index is 2070. The van der Waals surface area contributed by atoms with E-state index in [1.54, 1.807) is 27.7 Å². The second-order valence-corrected chi connectivity index (χ2v) is 19.8. The van der Waals surface area contributed by atoms with E-state index in [4.69, 9.17) is 11.6 Å². The van der Waals surface area contributed by atoms with Crippen LogP contribution in [0.1, 0.15) is 125 Å². The van der Waals surface area contributed by atoms with Gasteiger partial charge in [0.05, 0.1) is 12.9 Å². The number of aromatic amines is 1. The van der Waals surface area contributed by atoms with Gasteiger partial charge < -0.3 is 68.4 Å². The number of carboxylic acids is 2. The van der Waals surface area contributed by atoms with Crippen molar-refractivity contribution < 1.29 is 63.0 Å². The number of H-pyrrole nitrogens is 1. The third kappa shape index (κ3) is 23.1. The molecule has 2 heterocycles. The summed E-state index contributed by atoms with van der Waals surface area (Å²) in [6, 6.07) is -9.92. The molecule has 0 spiro atoms. The van der Waals surface area contributed by atoms with Crippen LogP contribution in [0.3, 0.4) is 0 Å². The van der Waals surface area contributed by atoms with Crippen molar-refractivity contribution in [1.82, 2.24) is 62.8 Å². The van der Waals surface area contributed by atoms with E-state index < -0.39 is 145 Å². The number of rotatable bonds is 35. The highest BCUT2D eigenvalue weighted by Gasteiger charge is 2.41. The van der Waals surface area contributed by atoms with Gasteiger partial charge in [0.2, 0.25) is 53.2 Å². The molecule has 1 aromatic rings. The molecular weight excluding hydrogens is 981 g/mol. The van der Waals surface area contributed by atoms with Gasteiger partial charge in [0.1, 0.15) is 48.3 Å². The minimum atomic E-state index is -1.50. The molecule has 0 radical (unpaired) electrons. The molecule has 75 heavy (non-hydrogen) atoms. The van der Waals surface area contributed by atoms with Crippen LogP contribution in [0.4, 0.5) is 0 Å². The Kier molecular flexibility index (Phi) is 28.5. The standard InChI is InChI=1S/C48H82N14O13/c1-26(2)21-34(58-42(68)31(55-29(7)63)14-9-11-19-54-50)44(70)56-32(13-8-10-18-49)43(69)57-33(16-17-38(65)66)47(73)62-20-12-15-36(62)45(71)61-39(27(3)4)46(72)59-35(22-30-23-51-25-53-30)41(67)52-24-37(64)60-40(28(5)6)48(74)75/h23,25-28,31-36,39-40,54H,8-22,24,49-50H2,1-7H3,(H,51,53)(H,52,67)(H,55,63)(H,56,70)(H,57,69)(H,58,68)(H,59,72)(H,60,64)(H,61,71)(H,65,66)(H,74,75)/t31-,32-,33-,34-,35-,36-,39-,40-/m0/s1. The van der Waals surface area contributed by atoms with Gasteiger partial charge in [0.15, 0.2) is 0 Å². The van der Waals surface area contributed by atoms with E-state index in [2.05, 4.69) is 57.9 Å². The van der Waals surface area contributed by atoms with Crippen molar-refractivity contribution >= 4 is 65.1 Å². The zero-order chi connectivity index (χ0) is 56.4. The SMILES string of the molecule is CC(=O)N[C@@H](CCCCNN)C(=O)N[C@@H](CC(C)C)C(=O)N[C@@H](CCCCN)C(=O)N[C@@H](CCC(=O)O)C(=O)N1CCC[C@H]1C(=O)N[C@H](C(=O)N[C@@H](Cc1cnc[nH]1)C(=O)NCC(=O)N[C@H](C(=O)O)C(C)C)C(C)C. The number of unbranched alkanes of at least 4 members (excludes halogenated alkanes) is 2. The molecule has 0 bridgehead atoms. The van der Waals surface area contributed by atoms with Crippen molar-refractivity contribution in [3.63, 3.8) is 0 Å². The molecule has 27 heteroatoms. The predicted octanol–water partition coefficient (Wildman–Crippen LogP) is -2.46. The van der Waals surface area contributed by atoms with E-state index in [1.807, 2.05) is 13.8 Å². The minimum absolute atomic E-state index is 0.0237. The number of nitrogens with one attached hydrogen (secondary N) is 10. The smallest absolute Gasteiger partial charge is 0.326 e. The zero-order valence-electron chi connectivity index (χ0n) is 44.3. The van der Waals surface area contributed by atoms with Crippen LogP contribution in [0.2, 0.25) is 0 Å². The van der Waals surface area contributed by atoms with Gasteiger partial charge in [0.25, 0.3) is 0 Å². The number of hydrazine groups is 1. The van der Waals surface area contributed by atoms with Crippen LogP contribution in [0.15, 0.2) is 12.5 Å². The zero-order valence-corrected chi connectivity index (χ0v) is 44.3. The van der Waals surface area contributed by atoms with Crippen molar-refractivity contribution in [1.29, 1.82) is 0 Å². The van der Waals surface area contributed by atoms with Gasteiger partial charge >= 0.3 is 11.9 Å². The number of hydrogen-bond donors (Lipinski definition) is 14. The highest BCUT2D eigenvalue weighted by atomic mass is 16.4. The molecular formula is C48H82N14O13. The first kappa shape index (κ1) is 64.4. The van der Waals surface area contributed by atoms with Crippen molar-refractivity contribution in [3.05, 3.63) is 18.2 Å². The number of amides is 9. The third-order valence-electron chi connectivity index (χ3n) is 12.3. The van der Waals surface area contributed by atoms with Crippen LogP contribution < -0.4 is 59.5 Å². The third-order valence-corrected chi connectivity index (χ3v) is 12.3. The Morgan fingerprint density at radius 1 is 0.707 bits per heavy atom. The predicted molar refractivity (Wildman–Crippen MR) is 272 cm³/mol. The summed E-state index contributed by atoms with van der Waals surface area (Å²) >= 11 is 0. The molecule has 2 rings (SSSR count). The molecule has 0 saturated carbocycles. The Hall–Kier alpha value is -6.74. The molecule has 422 valence electrons. The van der Waals surface area contributed by atoms with E-state index >= 15 is 0 Å². The van der Waals surface area contributed by atoms with Crippen molar-refractivity contribution in [2.75, 3.05) is 26.2 Å². The normalized spacial score (nSPS) is 16.1. The first-order chi connectivity index (χ1) is 35.4. The summed E-state index contributed by atoms with van der Waals surface area (Å²) in [6.07, 6.45) is 4.50. The highest BCUT2D eigenvalue weighted by Crippen LogP contribution is 2.21. The summed E-state index contributed by atoms with van der Waals surface area (Å²) in [4.78, 5) is 154. The van der Waals surface area contributed by atoms with Crippen molar-refractivity contribution in [2.45, 2.75) is 174 Å². The van der Waals surface area contributed by atoms with Crippen LogP contribution in [0, 0.1) is 17.8 Å². The van der Waals surface area contributed by atoms with E-state index in [0.29, 0.717) is 44.3 Å². The number of carbonyl (C=O) groups excluding carboxylic acids is 9. The number of likely N-dealkylation sites (tertiary alicyclic amines) is 1. The molecule has 0 aromatic carbocycles. The fraction of sp³-hybridized carbons (Fsp3) is 0.708. The largest absolute Gasteiger partial charge is 0.481 e. The lowest BCUT2D eigenvalue weighted by atomic mass is 10.0. The average Bonchev–Trinajstić information content (AvgIpc) is 4.05. The molecule has 0 unspecified atom stereocenters. The summed E-state index contributed by atoms with van der Waals surface area (Å²) in [5.41, 5.74) is 8.70. The van der Waals surface area contributed by atoms with Gasteiger partial charge in [-0.25, -0.2) is 9.78 Å². The lowest BCUT2D eigenvalue weighted by Crippen LogP contribution is -2.60. The molecule has 1 aromatic heterocycles. The number of carboxylic acid groups (broad SMARTS) is 2. The summed E-state index contributed by atoms with van der Waals surface area (Å²) < 4.78 is 0. The molecule has 27 nitrogen and oxygen atoms in total. The number of hydrogen-bond acceptors (Lipinski definition) is 15. The van der Waals surface area contributed by atoms with Gasteiger partial charge in [-0.3, -0.25) is 59.2 Å². The molecule has 16 N–H and O–H groups in total. The highest BCUT2D eigenvalue weighted by molar-refractivity contribution is 5.98. The molecule has 1 saturated heterocycles. The fourth-order valence-electron chi connectivity index (χ4n) is 8.30. The molecule has 1 aliphatic heterocycles. The number of nitrogens with two attached hydrogens (primary N) is 2. The van der Waals surface area contributed by atoms with Crippen LogP contribution >= 0.6 is 0 Å².